The van der Waals surface area contributed by atoms with Crippen molar-refractivity contribution in [1.82, 2.24) is 5.32 Å². The van der Waals surface area contributed by atoms with Crippen LogP contribution in [0.2, 0.25) is 0 Å². The Morgan fingerprint density at radius 1 is 1.50 bits per heavy atom. The Kier molecular flexibility index (Phi) is 2.39. The molecular weight excluding hydrogens is 178 g/mol. The fraction of sp³-hybridized carbons (Fsp3) is 0.364. The molecule has 0 aliphatic carbocycles. The summed E-state index contributed by atoms with van der Waals surface area (Å²) in [6, 6.07) is 7.99. The van der Waals surface area contributed by atoms with Gasteiger partial charge in [0.25, 0.3) is 0 Å². The molecule has 0 spiro atoms. The van der Waals surface area contributed by atoms with Crippen molar-refractivity contribution < 1.29 is 9.53 Å². The Labute approximate surface area is 83.1 Å². The van der Waals surface area contributed by atoms with Crippen LogP contribution in [0.15, 0.2) is 24.3 Å². The minimum absolute atomic E-state index is 0.137. The Bertz CT molecular complexity index is 349. The van der Waals surface area contributed by atoms with Crippen LogP contribution in [0.25, 0.3) is 0 Å². The van der Waals surface area contributed by atoms with Gasteiger partial charge in [-0.25, -0.2) is 0 Å². The lowest BCUT2D eigenvalue weighted by Crippen LogP contribution is -2.18. The Balaban J connectivity index is 2.19. The van der Waals surface area contributed by atoms with Crippen molar-refractivity contribution >= 4 is 5.91 Å². The summed E-state index contributed by atoms with van der Waals surface area (Å²) in [6.45, 7) is 0. The average molecular weight is 191 g/mol. The molecule has 1 aliphatic heterocycles. The Morgan fingerprint density at radius 3 is 3.00 bits per heavy atom. The highest BCUT2D eigenvalue weighted by molar-refractivity contribution is 5.78. The van der Waals surface area contributed by atoms with Gasteiger partial charge in [0.1, 0.15) is 5.75 Å². The monoisotopic (exact) mass is 191 g/mol. The van der Waals surface area contributed by atoms with E-state index >= 15 is 0 Å². The number of hydrogen-bond donors (Lipinski definition) is 1. The van der Waals surface area contributed by atoms with Crippen LogP contribution in [-0.2, 0) is 4.79 Å². The molecule has 1 atom stereocenters. The first kappa shape index (κ1) is 9.06. The Morgan fingerprint density at radius 2 is 2.36 bits per heavy atom. The lowest BCUT2D eigenvalue weighted by Gasteiger charge is -2.11. The van der Waals surface area contributed by atoms with Gasteiger partial charge in [-0.3, -0.25) is 4.79 Å². The molecule has 0 saturated carbocycles. The predicted molar refractivity (Wildman–Crippen MR) is 53.1 cm³/mol. The van der Waals surface area contributed by atoms with Crippen molar-refractivity contribution in [2.75, 3.05) is 7.11 Å². The number of amides is 1. The molecule has 3 nitrogen and oxygen atoms in total. The molecule has 1 aromatic carbocycles. The molecule has 0 radical (unpaired) electrons. The molecule has 1 saturated heterocycles. The van der Waals surface area contributed by atoms with E-state index in [0.29, 0.717) is 6.42 Å². The molecule has 1 aliphatic rings. The van der Waals surface area contributed by atoms with E-state index in [1.54, 1.807) is 7.11 Å². The topological polar surface area (TPSA) is 38.3 Å². The highest BCUT2D eigenvalue weighted by atomic mass is 16.5. The molecule has 2 rings (SSSR count). The molecular formula is C11H13NO2. The molecule has 14 heavy (non-hydrogen) atoms. The van der Waals surface area contributed by atoms with Crippen LogP contribution in [-0.4, -0.2) is 13.0 Å². The number of rotatable bonds is 2. The summed E-state index contributed by atoms with van der Waals surface area (Å²) in [5.74, 6) is 0.974. The SMILES string of the molecule is COc1cccc([C@H]2CCC(=O)N2)c1. The normalized spacial score (nSPS) is 20.6. The molecule has 1 fully saturated rings. The lowest BCUT2D eigenvalue weighted by molar-refractivity contribution is -0.119. The molecule has 1 aromatic rings. The fourth-order valence-electron chi connectivity index (χ4n) is 1.72. The highest BCUT2D eigenvalue weighted by Gasteiger charge is 2.22. The summed E-state index contributed by atoms with van der Waals surface area (Å²) in [4.78, 5) is 11.0. The van der Waals surface area contributed by atoms with Crippen LogP contribution in [0.1, 0.15) is 24.4 Å². The van der Waals surface area contributed by atoms with Crippen LogP contribution in [0.3, 0.4) is 0 Å². The van der Waals surface area contributed by atoms with Crippen LogP contribution in [0.4, 0.5) is 0 Å². The first-order valence-electron chi connectivity index (χ1n) is 4.73. The van der Waals surface area contributed by atoms with E-state index in [1.807, 2.05) is 24.3 Å². The van der Waals surface area contributed by atoms with Gasteiger partial charge < -0.3 is 10.1 Å². The van der Waals surface area contributed by atoms with Gasteiger partial charge in [-0.2, -0.15) is 0 Å². The lowest BCUT2D eigenvalue weighted by atomic mass is 10.1. The number of methoxy groups -OCH3 is 1. The van der Waals surface area contributed by atoms with E-state index in [0.717, 1.165) is 17.7 Å². The van der Waals surface area contributed by atoms with Crippen molar-refractivity contribution in [2.45, 2.75) is 18.9 Å². The fourth-order valence-corrected chi connectivity index (χ4v) is 1.72. The maximum absolute atomic E-state index is 11.0. The minimum atomic E-state index is 0.137. The van der Waals surface area contributed by atoms with Crippen LogP contribution in [0, 0.1) is 0 Å². The maximum atomic E-state index is 11.0. The van der Waals surface area contributed by atoms with Gasteiger partial charge in [0, 0.05) is 6.42 Å². The number of carbonyl (C=O) groups is 1. The summed E-state index contributed by atoms with van der Waals surface area (Å²) in [5.41, 5.74) is 1.12. The van der Waals surface area contributed by atoms with Gasteiger partial charge in [0.05, 0.1) is 13.2 Å². The van der Waals surface area contributed by atoms with E-state index < -0.39 is 0 Å². The van der Waals surface area contributed by atoms with Crippen molar-refractivity contribution in [3.05, 3.63) is 29.8 Å². The first-order chi connectivity index (χ1) is 6.79. The van der Waals surface area contributed by atoms with E-state index in [1.165, 1.54) is 0 Å². The zero-order chi connectivity index (χ0) is 9.97. The number of benzene rings is 1. The largest absolute Gasteiger partial charge is 0.497 e. The van der Waals surface area contributed by atoms with Crippen LogP contribution >= 0.6 is 0 Å². The van der Waals surface area contributed by atoms with Gasteiger partial charge in [0.15, 0.2) is 0 Å². The third-order valence-corrected chi connectivity index (χ3v) is 2.49. The standard InChI is InChI=1S/C11H13NO2/c1-14-9-4-2-3-8(7-9)10-5-6-11(13)12-10/h2-4,7,10H,5-6H2,1H3,(H,12,13)/t10-/m1/s1. The number of carbonyl (C=O) groups excluding carboxylic acids is 1. The zero-order valence-electron chi connectivity index (χ0n) is 8.12. The third-order valence-electron chi connectivity index (χ3n) is 2.49. The summed E-state index contributed by atoms with van der Waals surface area (Å²) < 4.78 is 5.13. The first-order valence-corrected chi connectivity index (χ1v) is 4.73. The van der Waals surface area contributed by atoms with Gasteiger partial charge in [-0.15, -0.1) is 0 Å². The van der Waals surface area contributed by atoms with E-state index in [-0.39, 0.29) is 11.9 Å². The molecule has 0 unspecified atom stereocenters. The van der Waals surface area contributed by atoms with E-state index in [9.17, 15) is 4.79 Å². The highest BCUT2D eigenvalue weighted by Crippen LogP contribution is 2.26. The van der Waals surface area contributed by atoms with Gasteiger partial charge >= 0.3 is 0 Å². The number of hydrogen-bond acceptors (Lipinski definition) is 2. The molecule has 0 aromatic heterocycles. The minimum Gasteiger partial charge on any atom is -0.497 e. The van der Waals surface area contributed by atoms with Crippen molar-refractivity contribution in [2.24, 2.45) is 0 Å². The van der Waals surface area contributed by atoms with Crippen LogP contribution < -0.4 is 10.1 Å². The molecule has 1 amide bonds. The molecule has 3 heteroatoms. The van der Waals surface area contributed by atoms with Crippen molar-refractivity contribution in [3.63, 3.8) is 0 Å². The van der Waals surface area contributed by atoms with Crippen molar-refractivity contribution in [3.8, 4) is 5.75 Å². The number of nitrogens with one attached hydrogen (secondary N) is 1. The summed E-state index contributed by atoms with van der Waals surface area (Å²) in [6.07, 6.45) is 1.51. The molecule has 1 N–H and O–H groups in total. The second-order valence-corrected chi connectivity index (χ2v) is 3.44. The Hall–Kier alpha value is -1.51. The number of ether oxygens (including phenoxy) is 1. The average Bonchev–Trinajstić information content (AvgIpc) is 2.65. The van der Waals surface area contributed by atoms with Gasteiger partial charge in [0.2, 0.25) is 5.91 Å². The van der Waals surface area contributed by atoms with Crippen molar-refractivity contribution in [1.29, 1.82) is 0 Å². The van der Waals surface area contributed by atoms with E-state index in [2.05, 4.69) is 5.32 Å². The smallest absolute Gasteiger partial charge is 0.220 e. The summed E-state index contributed by atoms with van der Waals surface area (Å²) in [7, 11) is 1.65. The molecule has 1 heterocycles. The van der Waals surface area contributed by atoms with Gasteiger partial charge in [-0.1, -0.05) is 12.1 Å². The zero-order valence-corrected chi connectivity index (χ0v) is 8.12. The third kappa shape index (κ3) is 1.71. The van der Waals surface area contributed by atoms with Crippen LogP contribution in [0.5, 0.6) is 5.75 Å². The predicted octanol–water partition coefficient (Wildman–Crippen LogP) is 1.65. The molecule has 74 valence electrons. The van der Waals surface area contributed by atoms with E-state index in [4.69, 9.17) is 4.74 Å². The second kappa shape index (κ2) is 3.70. The molecule has 0 bridgehead atoms. The quantitative estimate of drug-likeness (QED) is 0.771. The maximum Gasteiger partial charge on any atom is 0.220 e. The summed E-state index contributed by atoms with van der Waals surface area (Å²) in [5, 5.41) is 2.93. The van der Waals surface area contributed by atoms with Gasteiger partial charge in [-0.05, 0) is 24.1 Å². The second-order valence-electron chi connectivity index (χ2n) is 3.44. The summed E-state index contributed by atoms with van der Waals surface area (Å²) >= 11 is 0.